The molecule has 0 spiro atoms. The number of aldehydes is 1. The summed E-state index contributed by atoms with van der Waals surface area (Å²) in [6, 6.07) is 6.34. The average molecular weight is 184 g/mol. The third-order valence-corrected chi connectivity index (χ3v) is 1.67. The Morgan fingerprint density at radius 2 is 2.08 bits per heavy atom. The number of carbonyl (C=O) groups is 1. The summed E-state index contributed by atoms with van der Waals surface area (Å²) < 4.78 is 22.5. The van der Waals surface area contributed by atoms with Crippen molar-refractivity contribution < 1.29 is 13.6 Å². The van der Waals surface area contributed by atoms with E-state index in [-0.39, 0.29) is 0 Å². The molecule has 64 valence electrons. The highest BCUT2D eigenvalue weighted by atomic mass is 32.2. The predicted octanol–water partition coefficient (Wildman–Crippen LogP) is 0.705. The lowest BCUT2D eigenvalue weighted by atomic mass is 10.2. The van der Waals surface area contributed by atoms with E-state index in [1.54, 1.807) is 12.1 Å². The van der Waals surface area contributed by atoms with E-state index >= 15 is 0 Å². The van der Waals surface area contributed by atoms with Gasteiger partial charge in [0, 0.05) is 16.8 Å². The molecule has 0 saturated carbocycles. The van der Waals surface area contributed by atoms with Crippen LogP contribution >= 0.6 is 0 Å². The molecule has 0 aliphatic rings. The molecule has 1 aromatic rings. The molecule has 0 radical (unpaired) electrons. The van der Waals surface area contributed by atoms with Crippen LogP contribution in [0, 0.1) is 0 Å². The van der Waals surface area contributed by atoms with Crippen molar-refractivity contribution in [2.24, 2.45) is 0 Å². The number of rotatable bonds is 3. The van der Waals surface area contributed by atoms with E-state index in [0.29, 0.717) is 17.5 Å². The lowest BCUT2D eigenvalue weighted by molar-refractivity contribution is 0.112. The van der Waals surface area contributed by atoms with Gasteiger partial charge in [0.15, 0.2) is 6.29 Å². The predicted molar refractivity (Wildman–Crippen MR) is 44.4 cm³/mol. The first-order valence-corrected chi connectivity index (χ1v) is 4.21. The summed E-state index contributed by atoms with van der Waals surface area (Å²) in [5.41, 5.74) is 0.613. The highest BCUT2D eigenvalue weighted by Gasteiger charge is 1.97. The molecule has 1 unspecified atom stereocenters. The highest BCUT2D eigenvalue weighted by Crippen LogP contribution is 2.12. The monoisotopic (exact) mass is 184 g/mol. The maximum atomic E-state index is 10.4. The van der Waals surface area contributed by atoms with Gasteiger partial charge in [0.25, 0.3) is 0 Å². The quantitative estimate of drug-likeness (QED) is 0.555. The van der Waals surface area contributed by atoms with Gasteiger partial charge in [-0.25, -0.2) is 0 Å². The van der Waals surface area contributed by atoms with Crippen molar-refractivity contribution in [3.63, 3.8) is 0 Å². The van der Waals surface area contributed by atoms with Gasteiger partial charge in [-0.3, -0.25) is 9.00 Å². The lowest BCUT2D eigenvalue weighted by Crippen LogP contribution is -2.04. The molecule has 1 atom stereocenters. The van der Waals surface area contributed by atoms with E-state index in [0.717, 1.165) is 0 Å². The minimum absolute atomic E-state index is 0.292. The van der Waals surface area contributed by atoms with Crippen LogP contribution in [0.1, 0.15) is 10.4 Å². The third kappa shape index (κ3) is 2.14. The van der Waals surface area contributed by atoms with Crippen LogP contribution in [-0.4, -0.2) is 15.0 Å². The molecule has 0 aromatic heterocycles. The molecule has 0 bridgehead atoms. The van der Waals surface area contributed by atoms with E-state index < -0.39 is 11.3 Å². The topological polar surface area (TPSA) is 69.2 Å². The van der Waals surface area contributed by atoms with E-state index in [1.807, 2.05) is 0 Å². The molecule has 0 aliphatic heterocycles. The van der Waals surface area contributed by atoms with Crippen LogP contribution in [0.15, 0.2) is 24.3 Å². The van der Waals surface area contributed by atoms with Crippen LogP contribution in [0.4, 0.5) is 5.69 Å². The van der Waals surface area contributed by atoms with Gasteiger partial charge in [0.05, 0.1) is 5.69 Å². The number of hydrogen-bond acceptors (Lipinski definition) is 3. The Balaban J connectivity index is 2.96. The third-order valence-electron chi connectivity index (χ3n) is 1.28. The van der Waals surface area contributed by atoms with Gasteiger partial charge in [0.1, 0.15) is 0 Å². The second-order valence-corrected chi connectivity index (χ2v) is 2.72. The SMILES string of the molecule is O=Cc1ccccc1NS(=O)[O-]. The Bertz CT molecular complexity index is 313. The van der Waals surface area contributed by atoms with E-state index in [9.17, 15) is 13.6 Å². The molecule has 5 heteroatoms. The molecule has 0 heterocycles. The zero-order valence-corrected chi connectivity index (χ0v) is 6.84. The zero-order chi connectivity index (χ0) is 8.97. The van der Waals surface area contributed by atoms with Crippen LogP contribution < -0.4 is 4.72 Å². The van der Waals surface area contributed by atoms with Crippen molar-refractivity contribution in [3.05, 3.63) is 29.8 Å². The maximum Gasteiger partial charge on any atom is 0.152 e. The summed E-state index contributed by atoms with van der Waals surface area (Å²) in [6.45, 7) is 0. The van der Waals surface area contributed by atoms with Crippen molar-refractivity contribution in [1.82, 2.24) is 0 Å². The minimum atomic E-state index is -2.39. The molecule has 0 amide bonds. The van der Waals surface area contributed by atoms with E-state index in [4.69, 9.17) is 0 Å². The summed E-state index contributed by atoms with van der Waals surface area (Å²) in [6.07, 6.45) is 0.592. The van der Waals surface area contributed by atoms with Gasteiger partial charge in [-0.1, -0.05) is 12.1 Å². The molecular weight excluding hydrogens is 178 g/mol. The number of para-hydroxylation sites is 1. The number of nitrogens with one attached hydrogen (secondary N) is 1. The molecule has 4 nitrogen and oxygen atoms in total. The highest BCUT2D eigenvalue weighted by molar-refractivity contribution is 7.80. The molecule has 12 heavy (non-hydrogen) atoms. The standard InChI is InChI=1S/C7H7NO3S/c9-5-6-3-1-2-4-7(6)8-12(10)11/h1-5,8H,(H,10,11)/p-1. The summed E-state index contributed by atoms with van der Waals surface area (Å²) in [5, 5.41) is 0. The van der Waals surface area contributed by atoms with Crippen LogP contribution in [0.3, 0.4) is 0 Å². The first kappa shape index (κ1) is 8.89. The van der Waals surface area contributed by atoms with Crippen LogP contribution in [0.25, 0.3) is 0 Å². The summed E-state index contributed by atoms with van der Waals surface area (Å²) >= 11 is -2.39. The Labute approximate surface area is 72.0 Å². The smallest absolute Gasteiger partial charge is 0.152 e. The molecule has 0 fully saturated rings. The fraction of sp³-hybridized carbons (Fsp3) is 0. The lowest BCUT2D eigenvalue weighted by Gasteiger charge is -2.09. The van der Waals surface area contributed by atoms with Crippen LogP contribution in [0.5, 0.6) is 0 Å². The van der Waals surface area contributed by atoms with E-state index in [1.165, 1.54) is 12.1 Å². The fourth-order valence-corrected chi connectivity index (χ4v) is 1.15. The Morgan fingerprint density at radius 3 is 2.67 bits per heavy atom. The van der Waals surface area contributed by atoms with Crippen molar-refractivity contribution >= 4 is 23.2 Å². The Morgan fingerprint density at radius 1 is 1.42 bits per heavy atom. The van der Waals surface area contributed by atoms with E-state index in [2.05, 4.69) is 4.72 Å². The summed E-state index contributed by atoms with van der Waals surface area (Å²) in [5.74, 6) is 0. The number of carbonyl (C=O) groups excluding carboxylic acids is 1. The maximum absolute atomic E-state index is 10.4. The van der Waals surface area contributed by atoms with Gasteiger partial charge in [-0.05, 0) is 12.1 Å². The van der Waals surface area contributed by atoms with Gasteiger partial charge in [0.2, 0.25) is 0 Å². The van der Waals surface area contributed by atoms with Gasteiger partial charge < -0.3 is 9.27 Å². The van der Waals surface area contributed by atoms with Crippen molar-refractivity contribution in [1.29, 1.82) is 0 Å². The fourth-order valence-electron chi connectivity index (χ4n) is 0.783. The van der Waals surface area contributed by atoms with Gasteiger partial charge >= 0.3 is 0 Å². The summed E-state index contributed by atoms with van der Waals surface area (Å²) in [4.78, 5) is 10.4. The number of hydrogen-bond donors (Lipinski definition) is 1. The molecule has 1 rings (SSSR count). The Kier molecular flexibility index (Phi) is 2.95. The average Bonchev–Trinajstić information content (AvgIpc) is 2.04. The van der Waals surface area contributed by atoms with Crippen LogP contribution in [-0.2, 0) is 11.3 Å². The number of anilines is 1. The first-order valence-electron chi connectivity index (χ1n) is 3.14. The van der Waals surface area contributed by atoms with Crippen LogP contribution in [0.2, 0.25) is 0 Å². The number of benzene rings is 1. The first-order chi connectivity index (χ1) is 5.74. The molecular formula is C7H6NO3S-. The molecule has 0 aliphatic carbocycles. The second kappa shape index (κ2) is 3.99. The molecule has 1 N–H and O–H groups in total. The van der Waals surface area contributed by atoms with Gasteiger partial charge in [-0.2, -0.15) is 0 Å². The van der Waals surface area contributed by atoms with Crippen molar-refractivity contribution in [2.45, 2.75) is 0 Å². The van der Waals surface area contributed by atoms with Crippen molar-refractivity contribution in [2.75, 3.05) is 4.72 Å². The summed E-state index contributed by atoms with van der Waals surface area (Å²) in [7, 11) is 0. The minimum Gasteiger partial charge on any atom is -0.755 e. The van der Waals surface area contributed by atoms with Crippen molar-refractivity contribution in [3.8, 4) is 0 Å². The second-order valence-electron chi connectivity index (χ2n) is 2.04. The molecule has 0 saturated heterocycles. The van der Waals surface area contributed by atoms with Gasteiger partial charge in [-0.15, -0.1) is 0 Å². The normalized spacial score (nSPS) is 12.1. The Hall–Kier alpha value is -1.20. The largest absolute Gasteiger partial charge is 0.755 e. The molecule has 1 aromatic carbocycles. The zero-order valence-electron chi connectivity index (χ0n) is 6.02.